The summed E-state index contributed by atoms with van der Waals surface area (Å²) in [6, 6.07) is 7.00. The molecule has 3 amide bonds. The van der Waals surface area contributed by atoms with Crippen molar-refractivity contribution in [2.24, 2.45) is 0 Å². The first-order valence-electron chi connectivity index (χ1n) is 6.65. The molecular formula is C15H18N2O4. The minimum Gasteiger partial charge on any atom is -0.459 e. The third-order valence-corrected chi connectivity index (χ3v) is 3.21. The number of hydrogen-bond donors (Lipinski definition) is 1. The minimum atomic E-state index is -0.978. The molecule has 0 bridgehead atoms. The number of urea groups is 1. The molecule has 1 aromatic carbocycles. The quantitative estimate of drug-likeness (QED) is 0.671. The van der Waals surface area contributed by atoms with Gasteiger partial charge in [-0.1, -0.05) is 29.8 Å². The van der Waals surface area contributed by atoms with Crippen LogP contribution < -0.4 is 5.32 Å². The zero-order chi connectivity index (χ0) is 15.6. The second kappa shape index (κ2) is 5.55. The molecule has 0 atom stereocenters. The van der Waals surface area contributed by atoms with Crippen molar-refractivity contribution in [1.29, 1.82) is 0 Å². The molecule has 1 aliphatic heterocycles. The molecule has 21 heavy (non-hydrogen) atoms. The Hall–Kier alpha value is -2.37. The summed E-state index contributed by atoms with van der Waals surface area (Å²) in [5, 5.41) is 2.51. The molecule has 1 aromatic rings. The van der Waals surface area contributed by atoms with Crippen molar-refractivity contribution in [1.82, 2.24) is 10.2 Å². The van der Waals surface area contributed by atoms with Crippen LogP contribution in [0, 0.1) is 6.92 Å². The molecule has 6 heteroatoms. The lowest BCUT2D eigenvalue weighted by Crippen LogP contribution is -2.41. The smallest absolute Gasteiger partial charge is 0.326 e. The Morgan fingerprint density at radius 2 is 2.05 bits per heavy atom. The van der Waals surface area contributed by atoms with E-state index in [1.165, 1.54) is 0 Å². The van der Waals surface area contributed by atoms with Crippen molar-refractivity contribution in [3.05, 3.63) is 35.4 Å². The van der Waals surface area contributed by atoms with Gasteiger partial charge in [0.25, 0.3) is 5.91 Å². The highest BCUT2D eigenvalue weighted by Crippen LogP contribution is 2.16. The second-order valence-electron chi connectivity index (χ2n) is 5.60. The van der Waals surface area contributed by atoms with E-state index in [2.05, 4.69) is 5.32 Å². The van der Waals surface area contributed by atoms with E-state index in [4.69, 9.17) is 4.74 Å². The average Bonchev–Trinajstić information content (AvgIpc) is 2.59. The van der Waals surface area contributed by atoms with Crippen LogP contribution in [-0.2, 0) is 20.9 Å². The van der Waals surface area contributed by atoms with Crippen molar-refractivity contribution >= 4 is 17.9 Å². The van der Waals surface area contributed by atoms with Gasteiger partial charge in [0.2, 0.25) is 0 Å². The van der Waals surface area contributed by atoms with Crippen LogP contribution in [0.3, 0.4) is 0 Å². The van der Waals surface area contributed by atoms with Crippen molar-refractivity contribution in [2.75, 3.05) is 6.54 Å². The molecule has 0 aromatic heterocycles. The zero-order valence-corrected chi connectivity index (χ0v) is 12.3. The van der Waals surface area contributed by atoms with Gasteiger partial charge >= 0.3 is 12.0 Å². The maximum atomic E-state index is 11.9. The molecule has 1 fully saturated rings. The van der Waals surface area contributed by atoms with Gasteiger partial charge in [0, 0.05) is 0 Å². The Morgan fingerprint density at radius 3 is 2.62 bits per heavy atom. The monoisotopic (exact) mass is 290 g/mol. The van der Waals surface area contributed by atoms with Crippen LogP contribution in [0.15, 0.2) is 24.3 Å². The van der Waals surface area contributed by atoms with E-state index >= 15 is 0 Å². The van der Waals surface area contributed by atoms with Gasteiger partial charge in [-0.15, -0.1) is 0 Å². The van der Waals surface area contributed by atoms with E-state index in [0.29, 0.717) is 0 Å². The summed E-state index contributed by atoms with van der Waals surface area (Å²) in [4.78, 5) is 36.2. The average molecular weight is 290 g/mol. The summed E-state index contributed by atoms with van der Waals surface area (Å²) in [7, 11) is 0. The summed E-state index contributed by atoms with van der Waals surface area (Å²) in [5.74, 6) is -1.04. The molecule has 0 aliphatic carbocycles. The first-order valence-corrected chi connectivity index (χ1v) is 6.65. The normalized spacial score (nSPS) is 16.8. The number of nitrogens with one attached hydrogen (secondary N) is 1. The molecule has 112 valence electrons. The summed E-state index contributed by atoms with van der Waals surface area (Å²) in [6.45, 7) is 4.87. The Bertz CT molecular complexity index is 595. The number of ether oxygens (including phenoxy) is 1. The highest BCUT2D eigenvalue weighted by Gasteiger charge is 2.45. The van der Waals surface area contributed by atoms with Crippen molar-refractivity contribution in [3.8, 4) is 0 Å². The Kier molecular flexibility index (Phi) is 3.97. The summed E-state index contributed by atoms with van der Waals surface area (Å²) in [6.07, 6.45) is 0. The van der Waals surface area contributed by atoms with Crippen LogP contribution in [0.4, 0.5) is 4.79 Å². The SMILES string of the molecule is Cc1cccc(COC(=O)CN2C(=O)NC(C)(C)C2=O)c1. The molecule has 1 heterocycles. The van der Waals surface area contributed by atoms with E-state index < -0.39 is 23.4 Å². The molecule has 1 N–H and O–H groups in total. The van der Waals surface area contributed by atoms with Gasteiger partial charge in [-0.25, -0.2) is 4.79 Å². The fourth-order valence-corrected chi connectivity index (χ4v) is 2.10. The second-order valence-corrected chi connectivity index (χ2v) is 5.60. The van der Waals surface area contributed by atoms with E-state index in [1.54, 1.807) is 13.8 Å². The first-order chi connectivity index (χ1) is 9.79. The lowest BCUT2D eigenvalue weighted by molar-refractivity contribution is -0.148. The first kappa shape index (κ1) is 15.0. The Labute approximate surface area is 123 Å². The number of amides is 3. The highest BCUT2D eigenvalue weighted by atomic mass is 16.5. The number of esters is 1. The van der Waals surface area contributed by atoms with Crippen LogP contribution in [-0.4, -0.2) is 34.9 Å². The number of carbonyl (C=O) groups excluding carboxylic acids is 3. The molecule has 6 nitrogen and oxygen atoms in total. The number of benzene rings is 1. The van der Waals surface area contributed by atoms with E-state index in [-0.39, 0.29) is 13.2 Å². The minimum absolute atomic E-state index is 0.119. The number of carbonyl (C=O) groups is 3. The van der Waals surface area contributed by atoms with Gasteiger partial charge in [0.05, 0.1) is 0 Å². The third kappa shape index (κ3) is 3.39. The van der Waals surface area contributed by atoms with Gasteiger partial charge in [-0.05, 0) is 26.3 Å². The van der Waals surface area contributed by atoms with Crippen LogP contribution >= 0.6 is 0 Å². The standard InChI is InChI=1S/C15H18N2O4/c1-10-5-4-6-11(7-10)9-21-12(18)8-17-13(19)15(2,3)16-14(17)20/h4-7H,8-9H2,1-3H3,(H,16,20). The van der Waals surface area contributed by atoms with Gasteiger partial charge in [-0.2, -0.15) is 0 Å². The van der Waals surface area contributed by atoms with Crippen LogP contribution in [0.25, 0.3) is 0 Å². The fourth-order valence-electron chi connectivity index (χ4n) is 2.10. The van der Waals surface area contributed by atoms with Crippen LogP contribution in [0.2, 0.25) is 0 Å². The summed E-state index contributed by atoms with van der Waals surface area (Å²) >= 11 is 0. The van der Waals surface area contributed by atoms with Gasteiger partial charge in [0.1, 0.15) is 18.7 Å². The molecule has 1 saturated heterocycles. The van der Waals surface area contributed by atoms with Crippen molar-refractivity contribution < 1.29 is 19.1 Å². The lowest BCUT2D eigenvalue weighted by atomic mass is 10.1. The third-order valence-electron chi connectivity index (χ3n) is 3.21. The zero-order valence-electron chi connectivity index (χ0n) is 12.3. The number of rotatable bonds is 4. The van der Waals surface area contributed by atoms with E-state index in [9.17, 15) is 14.4 Å². The van der Waals surface area contributed by atoms with Gasteiger partial charge in [0.15, 0.2) is 0 Å². The highest BCUT2D eigenvalue weighted by molar-refractivity contribution is 6.08. The largest absolute Gasteiger partial charge is 0.459 e. The van der Waals surface area contributed by atoms with Crippen molar-refractivity contribution in [3.63, 3.8) is 0 Å². The van der Waals surface area contributed by atoms with Gasteiger partial charge in [-0.3, -0.25) is 14.5 Å². The number of imide groups is 1. The molecule has 0 unspecified atom stereocenters. The van der Waals surface area contributed by atoms with E-state index in [1.807, 2.05) is 31.2 Å². The predicted molar refractivity (Wildman–Crippen MR) is 75.3 cm³/mol. The van der Waals surface area contributed by atoms with Crippen LogP contribution in [0.1, 0.15) is 25.0 Å². The van der Waals surface area contributed by atoms with Crippen molar-refractivity contribution in [2.45, 2.75) is 32.9 Å². The molecule has 2 rings (SSSR count). The molecule has 1 aliphatic rings. The maximum absolute atomic E-state index is 11.9. The Balaban J connectivity index is 1.91. The Morgan fingerprint density at radius 1 is 1.33 bits per heavy atom. The molecule has 0 radical (unpaired) electrons. The maximum Gasteiger partial charge on any atom is 0.326 e. The summed E-state index contributed by atoms with van der Waals surface area (Å²) < 4.78 is 5.10. The van der Waals surface area contributed by atoms with Crippen LogP contribution in [0.5, 0.6) is 0 Å². The topological polar surface area (TPSA) is 75.7 Å². The number of hydrogen-bond acceptors (Lipinski definition) is 4. The summed E-state index contributed by atoms with van der Waals surface area (Å²) in [5.41, 5.74) is 0.953. The number of aryl methyl sites for hydroxylation is 1. The van der Waals surface area contributed by atoms with E-state index in [0.717, 1.165) is 16.0 Å². The predicted octanol–water partition coefficient (Wildman–Crippen LogP) is 1.37. The van der Waals surface area contributed by atoms with Gasteiger partial charge < -0.3 is 10.1 Å². The molecule has 0 saturated carbocycles. The lowest BCUT2D eigenvalue weighted by Gasteiger charge is -2.15. The fraction of sp³-hybridized carbons (Fsp3) is 0.400. The molecule has 0 spiro atoms. The molecular weight excluding hydrogens is 272 g/mol. The number of nitrogens with zero attached hydrogens (tertiary/aromatic N) is 1.